The largest absolute Gasteiger partial charge is 0.477 e. The zero-order valence-corrected chi connectivity index (χ0v) is 13.2. The van der Waals surface area contributed by atoms with E-state index in [1.807, 2.05) is 23.4 Å². The van der Waals surface area contributed by atoms with Gasteiger partial charge in [-0.1, -0.05) is 0 Å². The lowest BCUT2D eigenvalue weighted by molar-refractivity contribution is 0.0696. The third-order valence-corrected chi connectivity index (χ3v) is 4.36. The van der Waals surface area contributed by atoms with Gasteiger partial charge in [-0.15, -0.1) is 11.3 Å². The number of thiophene rings is 1. The minimum absolute atomic E-state index is 0.263. The zero-order valence-electron chi connectivity index (χ0n) is 10.8. The van der Waals surface area contributed by atoms with Gasteiger partial charge in [0.15, 0.2) is 0 Å². The van der Waals surface area contributed by atoms with Crippen molar-refractivity contribution in [2.45, 2.75) is 13.5 Å². The van der Waals surface area contributed by atoms with Crippen LogP contribution >= 0.6 is 27.3 Å². The molecule has 1 N–H and O–H groups in total. The Labute approximate surface area is 123 Å². The molecule has 0 aromatic carbocycles. The molecule has 0 fully saturated rings. The summed E-state index contributed by atoms with van der Waals surface area (Å²) in [6.45, 7) is 2.35. The van der Waals surface area contributed by atoms with Gasteiger partial charge in [0.1, 0.15) is 11.4 Å². The van der Waals surface area contributed by atoms with Crippen LogP contribution in [0.4, 0.5) is 5.82 Å². The Balaban J connectivity index is 2.33. The highest BCUT2D eigenvalue weighted by Gasteiger charge is 2.22. The van der Waals surface area contributed by atoms with Gasteiger partial charge in [-0.2, -0.15) is 5.10 Å². The van der Waals surface area contributed by atoms with Gasteiger partial charge in [-0.25, -0.2) is 4.79 Å². The van der Waals surface area contributed by atoms with Crippen molar-refractivity contribution in [2.24, 2.45) is 7.05 Å². The SMILES string of the molecule is Cc1nn(C)c(N(C)Cc2csc(Br)c2)c1C(=O)O. The summed E-state index contributed by atoms with van der Waals surface area (Å²) in [5.74, 6) is -0.328. The first-order valence-electron chi connectivity index (χ1n) is 5.61. The minimum atomic E-state index is -0.945. The third kappa shape index (κ3) is 2.82. The number of aromatic carboxylic acids is 1. The van der Waals surface area contributed by atoms with Crippen LogP contribution in [0.15, 0.2) is 15.2 Å². The molecule has 0 atom stereocenters. The maximum absolute atomic E-state index is 11.3. The van der Waals surface area contributed by atoms with Crippen molar-refractivity contribution in [2.75, 3.05) is 11.9 Å². The predicted octanol–water partition coefficient (Wildman–Crippen LogP) is 2.89. The number of nitrogens with zero attached hydrogens (tertiary/aromatic N) is 3. The Morgan fingerprint density at radius 1 is 1.63 bits per heavy atom. The first kappa shape index (κ1) is 14.1. The first-order valence-corrected chi connectivity index (χ1v) is 7.28. The van der Waals surface area contributed by atoms with Crippen LogP contribution in [0.1, 0.15) is 21.6 Å². The number of carbonyl (C=O) groups is 1. The second-order valence-corrected chi connectivity index (χ2v) is 6.62. The number of rotatable bonds is 4. The molecule has 2 rings (SSSR count). The topological polar surface area (TPSA) is 58.4 Å². The summed E-state index contributed by atoms with van der Waals surface area (Å²) in [6.07, 6.45) is 0. The van der Waals surface area contributed by atoms with Crippen molar-refractivity contribution in [3.63, 3.8) is 0 Å². The van der Waals surface area contributed by atoms with E-state index in [9.17, 15) is 9.90 Å². The van der Waals surface area contributed by atoms with Crippen LogP contribution in [0.5, 0.6) is 0 Å². The summed E-state index contributed by atoms with van der Waals surface area (Å²) in [7, 11) is 3.63. The molecule has 19 heavy (non-hydrogen) atoms. The number of aromatic nitrogens is 2. The Bertz CT molecular complexity index is 621. The third-order valence-electron chi connectivity index (χ3n) is 2.81. The Hall–Kier alpha value is -1.34. The highest BCUT2D eigenvalue weighted by Crippen LogP contribution is 2.26. The number of carboxylic acid groups (broad SMARTS) is 1. The molecule has 7 heteroatoms. The summed E-state index contributed by atoms with van der Waals surface area (Å²) < 4.78 is 2.68. The van der Waals surface area contributed by atoms with Crippen LogP contribution in [0.3, 0.4) is 0 Å². The fourth-order valence-electron chi connectivity index (χ4n) is 2.11. The standard InChI is InChI=1S/C12H14BrN3O2S/c1-7-10(12(17)18)11(16(3)14-7)15(2)5-8-4-9(13)19-6-8/h4,6H,5H2,1-3H3,(H,17,18). The molecule has 0 spiro atoms. The van der Waals surface area contributed by atoms with Gasteiger partial charge < -0.3 is 10.0 Å². The van der Waals surface area contributed by atoms with Gasteiger partial charge >= 0.3 is 5.97 Å². The molecule has 0 bridgehead atoms. The van der Waals surface area contributed by atoms with Crippen LogP contribution < -0.4 is 4.90 Å². The molecule has 0 amide bonds. The van der Waals surface area contributed by atoms with E-state index in [-0.39, 0.29) is 5.56 Å². The number of hydrogen-bond acceptors (Lipinski definition) is 4. The highest BCUT2D eigenvalue weighted by atomic mass is 79.9. The molecule has 0 aliphatic rings. The lowest BCUT2D eigenvalue weighted by Crippen LogP contribution is -2.21. The summed E-state index contributed by atoms with van der Waals surface area (Å²) in [5, 5.41) is 15.5. The normalized spacial score (nSPS) is 10.7. The number of anilines is 1. The molecule has 2 aromatic rings. The van der Waals surface area contributed by atoms with E-state index >= 15 is 0 Å². The Morgan fingerprint density at radius 2 is 2.32 bits per heavy atom. The van der Waals surface area contributed by atoms with Crippen LogP contribution in [-0.4, -0.2) is 27.9 Å². The fourth-order valence-corrected chi connectivity index (χ4v) is 3.31. The summed E-state index contributed by atoms with van der Waals surface area (Å²) >= 11 is 5.04. The van der Waals surface area contributed by atoms with Crippen LogP contribution in [-0.2, 0) is 13.6 Å². The maximum atomic E-state index is 11.3. The van der Waals surface area contributed by atoms with Crippen molar-refractivity contribution in [1.82, 2.24) is 9.78 Å². The van der Waals surface area contributed by atoms with E-state index in [1.54, 1.807) is 30.0 Å². The summed E-state index contributed by atoms with van der Waals surface area (Å²) in [4.78, 5) is 13.2. The number of halogens is 1. The van der Waals surface area contributed by atoms with Gasteiger partial charge in [-0.3, -0.25) is 4.68 Å². The van der Waals surface area contributed by atoms with E-state index < -0.39 is 5.97 Å². The van der Waals surface area contributed by atoms with Crippen molar-refractivity contribution >= 4 is 39.1 Å². The molecule has 0 saturated carbocycles. The van der Waals surface area contributed by atoms with E-state index in [1.165, 1.54) is 0 Å². The van der Waals surface area contributed by atoms with E-state index in [4.69, 9.17) is 0 Å². The van der Waals surface area contributed by atoms with Crippen molar-refractivity contribution in [3.8, 4) is 0 Å². The Kier molecular flexibility index (Phi) is 3.96. The first-order chi connectivity index (χ1) is 8.90. The Morgan fingerprint density at radius 3 is 2.84 bits per heavy atom. The molecule has 5 nitrogen and oxygen atoms in total. The second kappa shape index (κ2) is 5.34. The second-order valence-electron chi connectivity index (χ2n) is 4.33. The predicted molar refractivity (Wildman–Crippen MR) is 79.0 cm³/mol. The lowest BCUT2D eigenvalue weighted by Gasteiger charge is -2.19. The summed E-state index contributed by atoms with van der Waals surface area (Å²) in [6, 6.07) is 2.03. The molecule has 0 aliphatic carbocycles. The summed E-state index contributed by atoms with van der Waals surface area (Å²) in [5.41, 5.74) is 1.93. The van der Waals surface area contributed by atoms with E-state index in [2.05, 4.69) is 21.0 Å². The van der Waals surface area contributed by atoms with Crippen molar-refractivity contribution in [1.29, 1.82) is 0 Å². The number of carboxylic acids is 1. The molecular weight excluding hydrogens is 330 g/mol. The minimum Gasteiger partial charge on any atom is -0.477 e. The average molecular weight is 344 g/mol. The molecule has 0 saturated heterocycles. The van der Waals surface area contributed by atoms with Gasteiger partial charge in [0.05, 0.1) is 9.48 Å². The molecule has 0 aliphatic heterocycles. The van der Waals surface area contributed by atoms with E-state index in [0.717, 1.165) is 9.35 Å². The molecule has 102 valence electrons. The monoisotopic (exact) mass is 343 g/mol. The molecule has 2 heterocycles. The smallest absolute Gasteiger partial charge is 0.341 e. The van der Waals surface area contributed by atoms with Crippen LogP contribution in [0, 0.1) is 6.92 Å². The fraction of sp³-hybridized carbons (Fsp3) is 0.333. The quantitative estimate of drug-likeness (QED) is 0.927. The van der Waals surface area contributed by atoms with Crippen LogP contribution in [0.25, 0.3) is 0 Å². The van der Waals surface area contributed by atoms with Crippen molar-refractivity contribution < 1.29 is 9.90 Å². The van der Waals surface area contributed by atoms with Crippen LogP contribution in [0.2, 0.25) is 0 Å². The van der Waals surface area contributed by atoms with E-state index in [0.29, 0.717) is 18.1 Å². The molecule has 0 radical (unpaired) electrons. The lowest BCUT2D eigenvalue weighted by atomic mass is 10.2. The van der Waals surface area contributed by atoms with Crippen molar-refractivity contribution in [3.05, 3.63) is 32.1 Å². The maximum Gasteiger partial charge on any atom is 0.341 e. The van der Waals surface area contributed by atoms with Gasteiger partial charge in [0.2, 0.25) is 0 Å². The number of aryl methyl sites for hydroxylation is 2. The van der Waals surface area contributed by atoms with Gasteiger partial charge in [-0.05, 0) is 39.9 Å². The highest BCUT2D eigenvalue weighted by molar-refractivity contribution is 9.11. The molecule has 2 aromatic heterocycles. The number of hydrogen-bond donors (Lipinski definition) is 1. The zero-order chi connectivity index (χ0) is 14.2. The van der Waals surface area contributed by atoms with Gasteiger partial charge in [0.25, 0.3) is 0 Å². The molecule has 0 unspecified atom stereocenters. The average Bonchev–Trinajstić information content (AvgIpc) is 2.82. The van der Waals surface area contributed by atoms with Gasteiger partial charge in [0, 0.05) is 20.6 Å². The molecular formula is C12H14BrN3O2S.